The smallest absolute Gasteiger partial charge is 0.227 e. The minimum atomic E-state index is -0.159. The van der Waals surface area contributed by atoms with Gasteiger partial charge in [0, 0.05) is 41.1 Å². The summed E-state index contributed by atoms with van der Waals surface area (Å²) in [6.07, 6.45) is 1.35. The number of amides is 1. The average Bonchev–Trinajstić information content (AvgIpc) is 3.01. The van der Waals surface area contributed by atoms with Crippen LogP contribution in [0.1, 0.15) is 34.3 Å². The van der Waals surface area contributed by atoms with Crippen LogP contribution in [0.25, 0.3) is 22.2 Å². The Morgan fingerprint density at radius 1 is 0.800 bits per heavy atom. The van der Waals surface area contributed by atoms with Crippen LogP contribution in [0.2, 0.25) is 0 Å². The highest BCUT2D eigenvalue weighted by molar-refractivity contribution is 6.14. The third-order valence-electron chi connectivity index (χ3n) is 7.50. The first-order chi connectivity index (χ1) is 19.6. The topological polar surface area (TPSA) is 75.2 Å². The quantitative estimate of drug-likeness (QED) is 0.250. The van der Waals surface area contributed by atoms with E-state index >= 15 is 0 Å². The third-order valence-corrected chi connectivity index (χ3v) is 7.50. The number of aromatic nitrogens is 2. The molecule has 1 amide bonds. The molecule has 198 valence electrons. The Hall–Kier alpha value is -4.84. The van der Waals surface area contributed by atoms with Gasteiger partial charge >= 0.3 is 0 Å². The maximum Gasteiger partial charge on any atom is 0.227 e. The molecule has 6 rings (SSSR count). The fourth-order valence-electron chi connectivity index (χ4n) is 5.30. The van der Waals surface area contributed by atoms with Crippen molar-refractivity contribution in [2.75, 3.05) is 23.3 Å². The van der Waals surface area contributed by atoms with Gasteiger partial charge in [0.25, 0.3) is 0 Å². The van der Waals surface area contributed by atoms with Crippen LogP contribution < -0.4 is 10.2 Å². The van der Waals surface area contributed by atoms with E-state index in [1.54, 1.807) is 24.3 Å². The van der Waals surface area contributed by atoms with Crippen LogP contribution in [0.3, 0.4) is 0 Å². The summed E-state index contributed by atoms with van der Waals surface area (Å²) in [5.74, 6) is 0.359. The molecule has 1 aliphatic rings. The number of para-hydroxylation sites is 1. The first-order valence-electron chi connectivity index (χ1n) is 13.7. The molecule has 0 spiro atoms. The second kappa shape index (κ2) is 11.1. The van der Waals surface area contributed by atoms with E-state index in [9.17, 15) is 9.59 Å². The maximum absolute atomic E-state index is 13.3. The summed E-state index contributed by atoms with van der Waals surface area (Å²) < 4.78 is 0. The van der Waals surface area contributed by atoms with Gasteiger partial charge < -0.3 is 10.2 Å². The maximum atomic E-state index is 13.3. The second-order valence-corrected chi connectivity index (χ2v) is 10.3. The highest BCUT2D eigenvalue weighted by Gasteiger charge is 2.28. The summed E-state index contributed by atoms with van der Waals surface area (Å²) in [6.45, 7) is 3.43. The van der Waals surface area contributed by atoms with E-state index in [1.165, 1.54) is 5.56 Å². The predicted molar refractivity (Wildman–Crippen MR) is 160 cm³/mol. The van der Waals surface area contributed by atoms with E-state index in [2.05, 4.69) is 47.5 Å². The van der Waals surface area contributed by atoms with Crippen molar-refractivity contribution in [3.05, 3.63) is 120 Å². The van der Waals surface area contributed by atoms with Gasteiger partial charge in [-0.05, 0) is 44.0 Å². The number of carbonyl (C=O) groups is 2. The number of fused-ring (bicyclic) bond motifs is 1. The molecule has 0 bridgehead atoms. The lowest BCUT2D eigenvalue weighted by Crippen LogP contribution is -2.39. The number of nitrogens with one attached hydrogen (secondary N) is 1. The van der Waals surface area contributed by atoms with Crippen molar-refractivity contribution in [3.63, 3.8) is 0 Å². The number of benzene rings is 4. The van der Waals surface area contributed by atoms with Gasteiger partial charge in [-0.1, -0.05) is 84.4 Å². The van der Waals surface area contributed by atoms with E-state index in [4.69, 9.17) is 9.97 Å². The van der Waals surface area contributed by atoms with Gasteiger partial charge in [-0.2, -0.15) is 0 Å². The Balaban J connectivity index is 1.19. The summed E-state index contributed by atoms with van der Waals surface area (Å²) in [5.41, 5.74) is 5.69. The molecule has 0 saturated carbocycles. The molecule has 1 aliphatic heterocycles. The van der Waals surface area contributed by atoms with E-state index < -0.39 is 0 Å². The number of carbonyl (C=O) groups excluding carboxylic acids is 2. The van der Waals surface area contributed by atoms with Crippen molar-refractivity contribution in [3.8, 4) is 11.3 Å². The van der Waals surface area contributed by atoms with Gasteiger partial charge in [0.05, 0.1) is 16.9 Å². The Kier molecular flexibility index (Phi) is 7.06. The van der Waals surface area contributed by atoms with Crippen molar-refractivity contribution >= 4 is 34.2 Å². The summed E-state index contributed by atoms with van der Waals surface area (Å²) in [6, 6.07) is 32.8. The zero-order chi connectivity index (χ0) is 27.5. The van der Waals surface area contributed by atoms with Gasteiger partial charge in [-0.3, -0.25) is 9.59 Å². The minimum Gasteiger partial charge on any atom is -0.341 e. The Bertz CT molecular complexity index is 1680. The summed E-state index contributed by atoms with van der Waals surface area (Å²) in [5, 5.41) is 4.07. The molecular weight excluding hydrogens is 496 g/mol. The summed E-state index contributed by atoms with van der Waals surface area (Å²) >= 11 is 0. The van der Waals surface area contributed by atoms with Crippen LogP contribution in [0.4, 0.5) is 11.6 Å². The van der Waals surface area contributed by atoms with Crippen LogP contribution >= 0.6 is 0 Å². The van der Waals surface area contributed by atoms with Gasteiger partial charge in [0.15, 0.2) is 5.78 Å². The number of ketones is 1. The number of piperidine rings is 1. The Morgan fingerprint density at radius 3 is 2.23 bits per heavy atom. The molecule has 0 radical (unpaired) electrons. The normalized spacial score (nSPS) is 13.8. The molecule has 2 heterocycles. The third kappa shape index (κ3) is 5.21. The highest BCUT2D eigenvalue weighted by atomic mass is 16.2. The molecule has 40 heavy (non-hydrogen) atoms. The first-order valence-corrected chi connectivity index (χ1v) is 13.7. The predicted octanol–water partition coefficient (Wildman–Crippen LogP) is 6.69. The second-order valence-electron chi connectivity index (χ2n) is 10.3. The molecule has 1 N–H and O–H groups in total. The summed E-state index contributed by atoms with van der Waals surface area (Å²) in [4.78, 5) is 38.5. The van der Waals surface area contributed by atoms with Gasteiger partial charge in [0.2, 0.25) is 11.9 Å². The lowest BCUT2D eigenvalue weighted by atomic mass is 9.95. The molecule has 4 aromatic carbocycles. The largest absolute Gasteiger partial charge is 0.341 e. The number of anilines is 2. The van der Waals surface area contributed by atoms with Crippen molar-refractivity contribution in [1.82, 2.24) is 9.97 Å². The van der Waals surface area contributed by atoms with E-state index in [1.807, 2.05) is 48.5 Å². The Morgan fingerprint density at radius 2 is 1.48 bits per heavy atom. The van der Waals surface area contributed by atoms with Crippen LogP contribution in [0.15, 0.2) is 103 Å². The summed E-state index contributed by atoms with van der Waals surface area (Å²) in [7, 11) is 0. The van der Waals surface area contributed by atoms with Crippen molar-refractivity contribution < 1.29 is 9.59 Å². The standard InChI is InChI=1S/C34H30N4O2/c1-23-16-17-30-28(22-23)31(24-10-4-2-5-11-24)37-34(36-30)38-20-18-26(19-21-38)33(40)35-29-15-9-8-14-27(29)32(39)25-12-6-3-7-13-25/h2-17,22,26H,18-21H2,1H3,(H,35,40). The van der Waals surface area contributed by atoms with Crippen LogP contribution in [-0.4, -0.2) is 34.7 Å². The molecule has 0 aliphatic carbocycles. The van der Waals surface area contributed by atoms with Crippen molar-refractivity contribution in [1.29, 1.82) is 0 Å². The molecule has 5 aromatic rings. The number of hydrogen-bond acceptors (Lipinski definition) is 5. The molecule has 6 nitrogen and oxygen atoms in total. The molecule has 1 fully saturated rings. The number of nitrogens with zero attached hydrogens (tertiary/aromatic N) is 3. The van der Waals surface area contributed by atoms with Crippen LogP contribution in [-0.2, 0) is 4.79 Å². The first kappa shape index (κ1) is 25.4. The van der Waals surface area contributed by atoms with E-state index in [0.29, 0.717) is 48.7 Å². The minimum absolute atomic E-state index is 0.0622. The van der Waals surface area contributed by atoms with Crippen LogP contribution in [0.5, 0.6) is 0 Å². The molecule has 0 unspecified atom stereocenters. The molecular formula is C34H30N4O2. The number of hydrogen-bond donors (Lipinski definition) is 1. The molecule has 1 aromatic heterocycles. The van der Waals surface area contributed by atoms with E-state index in [-0.39, 0.29) is 17.6 Å². The zero-order valence-corrected chi connectivity index (χ0v) is 22.4. The Labute approximate surface area is 233 Å². The van der Waals surface area contributed by atoms with Crippen LogP contribution in [0, 0.1) is 12.8 Å². The average molecular weight is 527 g/mol. The van der Waals surface area contributed by atoms with Gasteiger partial charge in [-0.25, -0.2) is 9.97 Å². The van der Waals surface area contributed by atoms with Crippen molar-refractivity contribution in [2.45, 2.75) is 19.8 Å². The molecule has 6 heteroatoms. The zero-order valence-electron chi connectivity index (χ0n) is 22.4. The monoisotopic (exact) mass is 526 g/mol. The lowest BCUT2D eigenvalue weighted by Gasteiger charge is -2.31. The van der Waals surface area contributed by atoms with E-state index in [0.717, 1.165) is 22.2 Å². The fourth-order valence-corrected chi connectivity index (χ4v) is 5.30. The number of rotatable bonds is 6. The number of aryl methyl sites for hydroxylation is 1. The lowest BCUT2D eigenvalue weighted by molar-refractivity contribution is -0.120. The van der Waals surface area contributed by atoms with Gasteiger partial charge in [0.1, 0.15) is 0 Å². The molecule has 1 saturated heterocycles. The van der Waals surface area contributed by atoms with Gasteiger partial charge in [-0.15, -0.1) is 0 Å². The highest BCUT2D eigenvalue weighted by Crippen LogP contribution is 2.31. The SMILES string of the molecule is Cc1ccc2nc(N3CCC(C(=O)Nc4ccccc4C(=O)c4ccccc4)CC3)nc(-c3ccccc3)c2c1. The van der Waals surface area contributed by atoms with Crippen molar-refractivity contribution in [2.24, 2.45) is 5.92 Å². The molecule has 0 atom stereocenters. The fraction of sp³-hybridized carbons (Fsp3) is 0.176.